The van der Waals surface area contributed by atoms with E-state index in [0.717, 1.165) is 5.75 Å². The molecule has 0 radical (unpaired) electrons. The van der Waals surface area contributed by atoms with Gasteiger partial charge in [0, 0.05) is 37.8 Å². The summed E-state index contributed by atoms with van der Waals surface area (Å²) in [5.41, 5.74) is 0. The minimum atomic E-state index is -3.24. The zero-order valence-corrected chi connectivity index (χ0v) is 13.4. The standard InChI is InChI=1S/C11H20N2O5S2/c1-8(14)12-9(11(15)18-2)6-13-4-5-19-7-10(13)20(3,16)17/h9-10H,4-7H2,1-3H3,(H,12,14). The van der Waals surface area contributed by atoms with E-state index < -0.39 is 27.2 Å². The number of esters is 1. The van der Waals surface area contributed by atoms with E-state index in [4.69, 9.17) is 0 Å². The van der Waals surface area contributed by atoms with Crippen molar-refractivity contribution < 1.29 is 22.7 Å². The normalized spacial score (nSPS) is 22.1. The number of carbonyl (C=O) groups excluding carboxylic acids is 2. The Morgan fingerprint density at radius 3 is 2.65 bits per heavy atom. The molecule has 0 saturated carbocycles. The summed E-state index contributed by atoms with van der Waals surface area (Å²) in [6.45, 7) is 1.98. The number of hydrogen-bond donors (Lipinski definition) is 1. The summed E-state index contributed by atoms with van der Waals surface area (Å²) in [5.74, 6) is 0.320. The lowest BCUT2D eigenvalue weighted by atomic mass is 10.2. The molecule has 1 N–H and O–H groups in total. The van der Waals surface area contributed by atoms with Crippen molar-refractivity contribution in [3.8, 4) is 0 Å². The second-order valence-electron chi connectivity index (χ2n) is 4.63. The Morgan fingerprint density at radius 1 is 1.50 bits per heavy atom. The molecule has 2 unspecified atom stereocenters. The average molecular weight is 324 g/mol. The number of nitrogens with one attached hydrogen (secondary N) is 1. The van der Waals surface area contributed by atoms with Gasteiger partial charge < -0.3 is 10.1 Å². The van der Waals surface area contributed by atoms with Gasteiger partial charge in [-0.15, -0.1) is 0 Å². The van der Waals surface area contributed by atoms with Crippen molar-refractivity contribution in [1.29, 1.82) is 0 Å². The van der Waals surface area contributed by atoms with Gasteiger partial charge in [-0.25, -0.2) is 13.2 Å². The summed E-state index contributed by atoms with van der Waals surface area (Å²) in [7, 11) is -2.01. The van der Waals surface area contributed by atoms with Gasteiger partial charge in [0.25, 0.3) is 0 Å². The number of amides is 1. The predicted octanol–water partition coefficient (Wildman–Crippen LogP) is -0.916. The van der Waals surface area contributed by atoms with Crippen molar-refractivity contribution in [1.82, 2.24) is 10.2 Å². The van der Waals surface area contributed by atoms with Gasteiger partial charge in [0.05, 0.1) is 7.11 Å². The summed E-state index contributed by atoms with van der Waals surface area (Å²) >= 11 is 1.56. The molecule has 1 heterocycles. The van der Waals surface area contributed by atoms with Crippen molar-refractivity contribution in [3.05, 3.63) is 0 Å². The number of rotatable bonds is 5. The number of nitrogens with zero attached hydrogens (tertiary/aromatic N) is 1. The molecule has 1 aliphatic heterocycles. The zero-order valence-electron chi connectivity index (χ0n) is 11.8. The van der Waals surface area contributed by atoms with Gasteiger partial charge in [0.2, 0.25) is 5.91 Å². The number of sulfone groups is 1. The summed E-state index contributed by atoms with van der Waals surface area (Å²) in [6, 6.07) is -0.857. The quantitative estimate of drug-likeness (QED) is 0.654. The maximum absolute atomic E-state index is 11.8. The molecule has 1 aliphatic rings. The predicted molar refractivity (Wildman–Crippen MR) is 77.2 cm³/mol. The topological polar surface area (TPSA) is 92.8 Å². The van der Waals surface area contributed by atoms with Crippen molar-refractivity contribution in [2.75, 3.05) is 38.0 Å². The second kappa shape index (κ2) is 7.28. The number of ether oxygens (including phenoxy) is 1. The van der Waals surface area contributed by atoms with Crippen molar-refractivity contribution in [3.63, 3.8) is 0 Å². The fourth-order valence-electron chi connectivity index (χ4n) is 2.02. The number of thioether (sulfide) groups is 1. The fourth-order valence-corrected chi connectivity index (χ4v) is 4.97. The van der Waals surface area contributed by atoms with E-state index >= 15 is 0 Å². The van der Waals surface area contributed by atoms with Crippen LogP contribution in [0.25, 0.3) is 0 Å². The fraction of sp³-hybridized carbons (Fsp3) is 0.818. The molecule has 20 heavy (non-hydrogen) atoms. The highest BCUT2D eigenvalue weighted by molar-refractivity contribution is 8.00. The smallest absolute Gasteiger partial charge is 0.329 e. The second-order valence-corrected chi connectivity index (χ2v) is 7.98. The Balaban J connectivity index is 2.83. The van der Waals surface area contributed by atoms with E-state index in [0.29, 0.717) is 12.3 Å². The minimum Gasteiger partial charge on any atom is -0.467 e. The first-order valence-electron chi connectivity index (χ1n) is 6.11. The van der Waals surface area contributed by atoms with Gasteiger partial charge in [-0.05, 0) is 0 Å². The number of methoxy groups -OCH3 is 1. The van der Waals surface area contributed by atoms with Gasteiger partial charge in [0.1, 0.15) is 11.4 Å². The zero-order chi connectivity index (χ0) is 15.3. The molecule has 0 aromatic rings. The molecule has 1 fully saturated rings. The van der Waals surface area contributed by atoms with Crippen LogP contribution >= 0.6 is 11.8 Å². The molecule has 2 atom stereocenters. The molecule has 0 aromatic carbocycles. The van der Waals surface area contributed by atoms with Crippen LogP contribution in [0.4, 0.5) is 0 Å². The van der Waals surface area contributed by atoms with E-state index in [-0.39, 0.29) is 12.5 Å². The van der Waals surface area contributed by atoms with Crippen LogP contribution in [-0.2, 0) is 24.2 Å². The summed E-state index contributed by atoms with van der Waals surface area (Å²) in [4.78, 5) is 24.5. The third-order valence-electron chi connectivity index (χ3n) is 2.97. The third kappa shape index (κ3) is 4.95. The third-order valence-corrected chi connectivity index (χ3v) is 5.65. The SMILES string of the molecule is COC(=O)C(CN1CCSCC1S(C)(=O)=O)NC(C)=O. The molecule has 116 valence electrons. The molecular weight excluding hydrogens is 304 g/mol. The van der Waals surface area contributed by atoms with E-state index in [9.17, 15) is 18.0 Å². The molecule has 0 aromatic heterocycles. The average Bonchev–Trinajstić information content (AvgIpc) is 2.36. The Hall–Kier alpha value is -0.800. The molecule has 9 heteroatoms. The van der Waals surface area contributed by atoms with E-state index in [1.54, 1.807) is 16.7 Å². The Kier molecular flexibility index (Phi) is 6.28. The highest BCUT2D eigenvalue weighted by Gasteiger charge is 2.34. The maximum Gasteiger partial charge on any atom is 0.329 e. The summed E-state index contributed by atoms with van der Waals surface area (Å²) < 4.78 is 28.2. The van der Waals surface area contributed by atoms with Crippen LogP contribution in [0.5, 0.6) is 0 Å². The van der Waals surface area contributed by atoms with Gasteiger partial charge in [-0.3, -0.25) is 9.69 Å². The lowest BCUT2D eigenvalue weighted by Gasteiger charge is -2.35. The first-order valence-corrected chi connectivity index (χ1v) is 9.22. The van der Waals surface area contributed by atoms with Crippen molar-refractivity contribution >= 4 is 33.5 Å². The molecule has 7 nitrogen and oxygen atoms in total. The van der Waals surface area contributed by atoms with E-state index in [1.165, 1.54) is 20.3 Å². The van der Waals surface area contributed by atoms with Gasteiger partial charge >= 0.3 is 5.97 Å². The molecule has 0 bridgehead atoms. The minimum absolute atomic E-state index is 0.130. The van der Waals surface area contributed by atoms with E-state index in [2.05, 4.69) is 10.1 Å². The number of carbonyl (C=O) groups is 2. The van der Waals surface area contributed by atoms with Crippen LogP contribution in [-0.4, -0.2) is 74.6 Å². The van der Waals surface area contributed by atoms with Crippen LogP contribution in [0.3, 0.4) is 0 Å². The largest absolute Gasteiger partial charge is 0.467 e. The van der Waals surface area contributed by atoms with Gasteiger partial charge in [0.15, 0.2) is 9.84 Å². The molecule has 1 saturated heterocycles. The summed E-state index contributed by atoms with van der Waals surface area (Å²) in [6.07, 6.45) is 1.18. The lowest BCUT2D eigenvalue weighted by molar-refractivity contribution is -0.145. The van der Waals surface area contributed by atoms with Crippen LogP contribution in [0, 0.1) is 0 Å². The lowest BCUT2D eigenvalue weighted by Crippen LogP contribution is -2.55. The molecule has 0 spiro atoms. The monoisotopic (exact) mass is 324 g/mol. The highest BCUT2D eigenvalue weighted by Crippen LogP contribution is 2.20. The molecule has 1 rings (SSSR count). The van der Waals surface area contributed by atoms with Crippen LogP contribution < -0.4 is 5.32 Å². The van der Waals surface area contributed by atoms with Gasteiger partial charge in [-0.1, -0.05) is 0 Å². The first-order chi connectivity index (χ1) is 9.25. The highest BCUT2D eigenvalue weighted by atomic mass is 32.2. The van der Waals surface area contributed by atoms with Gasteiger partial charge in [-0.2, -0.15) is 11.8 Å². The Morgan fingerprint density at radius 2 is 2.15 bits per heavy atom. The first kappa shape index (κ1) is 17.3. The number of hydrogen-bond acceptors (Lipinski definition) is 7. The van der Waals surface area contributed by atoms with Crippen LogP contribution in [0.1, 0.15) is 6.92 Å². The molecular formula is C11H20N2O5S2. The Bertz CT molecular complexity index is 465. The van der Waals surface area contributed by atoms with Crippen LogP contribution in [0.2, 0.25) is 0 Å². The Labute approximate surface area is 123 Å². The molecule has 0 aliphatic carbocycles. The maximum atomic E-state index is 11.8. The van der Waals surface area contributed by atoms with E-state index in [1.807, 2.05) is 0 Å². The summed E-state index contributed by atoms with van der Waals surface area (Å²) in [5, 5.41) is 1.86. The van der Waals surface area contributed by atoms with Crippen molar-refractivity contribution in [2.45, 2.75) is 18.3 Å². The van der Waals surface area contributed by atoms with Crippen LogP contribution in [0.15, 0.2) is 0 Å². The molecule has 1 amide bonds. The van der Waals surface area contributed by atoms with Crippen molar-refractivity contribution in [2.24, 2.45) is 0 Å².